The molecule has 3 nitrogen and oxygen atoms in total. The zero-order valence-corrected chi connectivity index (χ0v) is 27.1. The van der Waals surface area contributed by atoms with Gasteiger partial charge in [0.15, 0.2) is 8.24 Å². The van der Waals surface area contributed by atoms with Gasteiger partial charge in [0.05, 0.1) is 10.4 Å². The predicted octanol–water partition coefficient (Wildman–Crippen LogP) is 9.65. The fourth-order valence-corrected chi connectivity index (χ4v) is 17.2. The second kappa shape index (κ2) is 10.5. The van der Waals surface area contributed by atoms with E-state index in [1.165, 1.54) is 83.2 Å². The normalized spacial score (nSPS) is 19.4. The molecule has 36 heavy (non-hydrogen) atoms. The van der Waals surface area contributed by atoms with Crippen molar-refractivity contribution in [2.24, 2.45) is 0 Å². The predicted molar refractivity (Wildman–Crippen MR) is 168 cm³/mol. The monoisotopic (exact) mass is 633 g/mol. The van der Waals surface area contributed by atoms with Gasteiger partial charge in [-0.2, -0.15) is 0 Å². The zero-order valence-electron chi connectivity index (χ0n) is 23.1. The van der Waals surface area contributed by atoms with Crippen LogP contribution in [-0.4, -0.2) is 35.4 Å². The lowest BCUT2D eigenvalue weighted by molar-refractivity contribution is 0.0731. The number of rotatable bonds is 7. The van der Waals surface area contributed by atoms with Crippen LogP contribution in [0.5, 0.6) is 0 Å². The number of benzene rings is 1. The highest BCUT2D eigenvalue weighted by Gasteiger charge is 2.46. The first-order valence-electron chi connectivity index (χ1n) is 14.3. The van der Waals surface area contributed by atoms with Gasteiger partial charge < -0.3 is 4.23 Å². The summed E-state index contributed by atoms with van der Waals surface area (Å²) in [7, 11) is -1.77. The Kier molecular flexibility index (Phi) is 7.81. The quantitative estimate of drug-likeness (QED) is 0.191. The van der Waals surface area contributed by atoms with Crippen LogP contribution in [0, 0.1) is 3.70 Å². The maximum absolute atomic E-state index is 5.20. The maximum Gasteiger partial charge on any atom is 0.169 e. The lowest BCUT2D eigenvalue weighted by Crippen LogP contribution is -2.51. The number of hydrogen-bond acceptors (Lipinski definition) is 3. The Balaban J connectivity index is 1.55. The van der Waals surface area contributed by atoms with Gasteiger partial charge in [-0.05, 0) is 114 Å². The van der Waals surface area contributed by atoms with Crippen molar-refractivity contribution in [3.63, 3.8) is 0 Å². The molecule has 3 aromatic rings. The van der Waals surface area contributed by atoms with Crippen molar-refractivity contribution in [1.29, 1.82) is 0 Å². The smallest absolute Gasteiger partial charge is 0.169 e. The van der Waals surface area contributed by atoms with Gasteiger partial charge in [-0.15, -0.1) is 11.3 Å². The number of fused-ring (bicyclic) bond motifs is 1. The second-order valence-corrected chi connectivity index (χ2v) is 20.0. The Bertz CT molecular complexity index is 1180. The van der Waals surface area contributed by atoms with E-state index < -0.39 is 8.24 Å². The molecule has 0 amide bonds. The van der Waals surface area contributed by atoms with Crippen LogP contribution in [0.25, 0.3) is 21.5 Å². The molecule has 1 aliphatic carbocycles. The summed E-state index contributed by atoms with van der Waals surface area (Å²) >= 11 is 4.52. The van der Waals surface area contributed by atoms with Crippen molar-refractivity contribution in [1.82, 2.24) is 14.1 Å². The highest BCUT2D eigenvalue weighted by molar-refractivity contribution is 14.1. The van der Waals surface area contributed by atoms with Crippen LogP contribution in [-0.2, 0) is 5.54 Å². The van der Waals surface area contributed by atoms with Gasteiger partial charge >= 0.3 is 0 Å². The molecule has 0 bridgehead atoms. The largest absolute Gasteiger partial charge is 0.373 e. The summed E-state index contributed by atoms with van der Waals surface area (Å²) in [6.07, 6.45) is 11.8. The number of aromatic nitrogens is 2. The van der Waals surface area contributed by atoms with Crippen LogP contribution in [0.4, 0.5) is 0 Å². The summed E-state index contributed by atoms with van der Waals surface area (Å²) in [5, 5.41) is 2.57. The van der Waals surface area contributed by atoms with Gasteiger partial charge in [-0.3, -0.25) is 4.90 Å². The Morgan fingerprint density at radius 1 is 0.889 bits per heavy atom. The first kappa shape index (κ1) is 26.9. The SMILES string of the molecule is CC(C)[Si](C(C)C)(C(C)C)n1ccc2cc(-c3nc(I)c(C4(N5CCCC5)CCCCC4)s3)ccc21. The van der Waals surface area contributed by atoms with Crippen molar-refractivity contribution in [2.75, 3.05) is 13.1 Å². The summed E-state index contributed by atoms with van der Waals surface area (Å²) in [5.41, 5.74) is 4.99. The molecule has 196 valence electrons. The molecule has 0 radical (unpaired) electrons. The molecule has 0 atom stereocenters. The van der Waals surface area contributed by atoms with E-state index in [4.69, 9.17) is 4.98 Å². The van der Waals surface area contributed by atoms with E-state index in [0.29, 0.717) is 16.6 Å². The molecule has 1 saturated heterocycles. The van der Waals surface area contributed by atoms with Crippen molar-refractivity contribution < 1.29 is 0 Å². The van der Waals surface area contributed by atoms with Crippen molar-refractivity contribution in [3.8, 4) is 10.6 Å². The van der Waals surface area contributed by atoms with Gasteiger partial charge in [-0.25, -0.2) is 4.98 Å². The number of likely N-dealkylation sites (tertiary alicyclic amines) is 1. The Morgan fingerprint density at radius 2 is 1.53 bits per heavy atom. The number of nitrogens with zero attached hydrogens (tertiary/aromatic N) is 3. The fourth-order valence-electron chi connectivity index (χ4n) is 8.13. The van der Waals surface area contributed by atoms with E-state index in [2.05, 4.69) is 104 Å². The van der Waals surface area contributed by atoms with E-state index in [1.807, 2.05) is 11.3 Å². The third-order valence-corrected chi connectivity index (χ3v) is 18.7. The first-order valence-corrected chi connectivity index (χ1v) is 18.3. The molecule has 2 aliphatic rings. The zero-order chi connectivity index (χ0) is 25.7. The molecule has 2 fully saturated rings. The Labute approximate surface area is 237 Å². The van der Waals surface area contributed by atoms with Gasteiger partial charge in [-0.1, -0.05) is 60.8 Å². The third-order valence-electron chi connectivity index (χ3n) is 9.53. The number of hydrogen-bond donors (Lipinski definition) is 0. The molecule has 0 N–H and O–H groups in total. The van der Waals surface area contributed by atoms with Crippen LogP contribution in [0.2, 0.25) is 16.6 Å². The van der Waals surface area contributed by atoms with Crippen molar-refractivity contribution in [2.45, 2.75) is 109 Å². The van der Waals surface area contributed by atoms with Crippen LogP contribution < -0.4 is 0 Å². The van der Waals surface area contributed by atoms with Gasteiger partial charge in [0.25, 0.3) is 0 Å². The molecule has 1 aromatic carbocycles. The minimum atomic E-state index is -1.77. The highest BCUT2D eigenvalue weighted by atomic mass is 127. The lowest BCUT2D eigenvalue weighted by Gasteiger charge is -2.44. The lowest BCUT2D eigenvalue weighted by atomic mass is 9.79. The molecule has 0 unspecified atom stereocenters. The molecule has 3 heterocycles. The average Bonchev–Trinajstić information content (AvgIpc) is 3.60. The molecule has 6 heteroatoms. The van der Waals surface area contributed by atoms with Crippen molar-refractivity contribution >= 4 is 53.1 Å². The third kappa shape index (κ3) is 4.26. The summed E-state index contributed by atoms with van der Waals surface area (Å²) in [6.45, 7) is 17.2. The molecule has 1 saturated carbocycles. The molecule has 2 aromatic heterocycles. The second-order valence-electron chi connectivity index (χ2n) is 12.2. The number of halogens is 1. The molecule has 0 spiro atoms. The first-order chi connectivity index (χ1) is 17.2. The summed E-state index contributed by atoms with van der Waals surface area (Å²) in [4.78, 5) is 9.57. The standard InChI is InChI=1S/C30H44IN3SSi/c1-21(2)36(22(3)4,23(5)6)34-19-14-24-20-25(12-13-26(24)34)29-32-28(31)27(35-29)30(15-8-7-9-16-30)33-17-10-11-18-33/h12-14,19-23H,7-11,15-18H2,1-6H3. The van der Waals surface area contributed by atoms with E-state index in [1.54, 1.807) is 4.88 Å². The molecule has 1 aliphatic heterocycles. The van der Waals surface area contributed by atoms with E-state index in [0.717, 1.165) is 0 Å². The van der Waals surface area contributed by atoms with Gasteiger partial charge in [0, 0.05) is 11.1 Å². The fraction of sp³-hybridized carbons (Fsp3) is 0.633. The van der Waals surface area contributed by atoms with Gasteiger partial charge in [0.2, 0.25) is 0 Å². The van der Waals surface area contributed by atoms with E-state index in [9.17, 15) is 0 Å². The molecule has 5 rings (SSSR count). The Morgan fingerprint density at radius 3 is 2.14 bits per heavy atom. The Hall–Kier alpha value is -0.703. The summed E-state index contributed by atoms with van der Waals surface area (Å²) < 4.78 is 3.97. The van der Waals surface area contributed by atoms with E-state index >= 15 is 0 Å². The minimum Gasteiger partial charge on any atom is -0.373 e. The molecular formula is C30H44IN3SSi. The average molecular weight is 634 g/mol. The van der Waals surface area contributed by atoms with Crippen LogP contribution in [0.3, 0.4) is 0 Å². The summed E-state index contributed by atoms with van der Waals surface area (Å²) in [5.74, 6) is 0. The van der Waals surface area contributed by atoms with Crippen LogP contribution >= 0.6 is 33.9 Å². The van der Waals surface area contributed by atoms with Crippen LogP contribution in [0.15, 0.2) is 30.5 Å². The summed E-state index contributed by atoms with van der Waals surface area (Å²) in [6, 6.07) is 9.51. The highest BCUT2D eigenvalue weighted by Crippen LogP contribution is 2.49. The topological polar surface area (TPSA) is 21.1 Å². The minimum absolute atomic E-state index is 0.228. The van der Waals surface area contributed by atoms with Crippen LogP contribution in [0.1, 0.15) is 91.4 Å². The van der Waals surface area contributed by atoms with Crippen molar-refractivity contribution in [3.05, 3.63) is 39.0 Å². The maximum atomic E-state index is 5.20. The van der Waals surface area contributed by atoms with E-state index in [-0.39, 0.29) is 5.54 Å². The number of thiazole rings is 1. The van der Waals surface area contributed by atoms with Gasteiger partial charge in [0.1, 0.15) is 8.71 Å². The molecular weight excluding hydrogens is 589 g/mol.